The number of hydrogen-bond donors (Lipinski definition) is 0. The van der Waals surface area contributed by atoms with Gasteiger partial charge in [-0.2, -0.15) is 13.2 Å². The van der Waals surface area contributed by atoms with Crippen molar-refractivity contribution in [3.63, 3.8) is 0 Å². The fourth-order valence-corrected chi connectivity index (χ4v) is 9.90. The topological polar surface area (TPSA) is 131 Å². The van der Waals surface area contributed by atoms with Gasteiger partial charge in [0.15, 0.2) is 11.6 Å². The second-order valence-electron chi connectivity index (χ2n) is 18.5. The SMILES string of the molecule is COC(=O)C[C@H](C(=O)N1CCC[C@H]1C(=O)Cc1ccc([C@H]2CC[C@H](c3ccc(CC(=O)[C@@H]4CCCN4C(=O)[C@@H](CC(=O)OC)C(C)C)cc3)N2c2ccc(C(F)(F)F)cc2)cc1)C(C)C. The molecule has 65 heavy (non-hydrogen) atoms. The van der Waals surface area contributed by atoms with Crippen LogP contribution in [0.1, 0.15) is 119 Å². The molecule has 0 spiro atoms. The van der Waals surface area contributed by atoms with Gasteiger partial charge in [0.1, 0.15) is 0 Å². The van der Waals surface area contributed by atoms with Crippen LogP contribution < -0.4 is 4.90 Å². The number of Topliss-reactive ketones (excluding diaryl/α,β-unsaturated/α-hetero) is 2. The van der Waals surface area contributed by atoms with Gasteiger partial charge in [0, 0.05) is 31.6 Å². The highest BCUT2D eigenvalue weighted by Crippen LogP contribution is 2.47. The number of halogens is 3. The molecule has 11 nitrogen and oxygen atoms in total. The number of ketones is 2. The molecule has 0 bridgehead atoms. The molecule has 3 aliphatic heterocycles. The van der Waals surface area contributed by atoms with Gasteiger partial charge < -0.3 is 24.2 Å². The zero-order valence-corrected chi connectivity index (χ0v) is 38.3. The van der Waals surface area contributed by atoms with E-state index < -0.39 is 47.6 Å². The predicted molar refractivity (Wildman–Crippen MR) is 238 cm³/mol. The summed E-state index contributed by atoms with van der Waals surface area (Å²) in [6, 6.07) is 19.0. The van der Waals surface area contributed by atoms with E-state index in [9.17, 15) is 41.9 Å². The summed E-state index contributed by atoms with van der Waals surface area (Å²) in [6.45, 7) is 8.41. The zero-order chi connectivity index (χ0) is 47.2. The van der Waals surface area contributed by atoms with Crippen LogP contribution in [-0.2, 0) is 57.3 Å². The van der Waals surface area contributed by atoms with E-state index in [1.165, 1.54) is 26.4 Å². The number of hydrogen-bond acceptors (Lipinski definition) is 9. The minimum atomic E-state index is -4.49. The van der Waals surface area contributed by atoms with E-state index in [1.54, 1.807) is 9.80 Å². The van der Waals surface area contributed by atoms with E-state index in [0.717, 1.165) is 34.4 Å². The number of amides is 2. The Kier molecular flexibility index (Phi) is 15.9. The van der Waals surface area contributed by atoms with Crippen molar-refractivity contribution in [2.45, 2.75) is 122 Å². The van der Waals surface area contributed by atoms with Gasteiger partial charge in [-0.05, 0) is 96.9 Å². The first kappa shape index (κ1) is 48.9. The lowest BCUT2D eigenvalue weighted by Gasteiger charge is -2.34. The van der Waals surface area contributed by atoms with Crippen molar-refractivity contribution in [2.24, 2.45) is 23.7 Å². The molecular weight excluding hydrogens is 840 g/mol. The summed E-state index contributed by atoms with van der Waals surface area (Å²) in [5.41, 5.74) is 3.31. The summed E-state index contributed by atoms with van der Waals surface area (Å²) in [5.74, 6) is -2.91. The van der Waals surface area contributed by atoms with Gasteiger partial charge in [-0.3, -0.25) is 28.8 Å². The van der Waals surface area contributed by atoms with E-state index in [4.69, 9.17) is 9.47 Å². The summed E-state index contributed by atoms with van der Waals surface area (Å²) in [6.07, 6.45) is -0.478. The van der Waals surface area contributed by atoms with Crippen molar-refractivity contribution in [3.05, 3.63) is 101 Å². The summed E-state index contributed by atoms with van der Waals surface area (Å²) in [4.78, 5) is 84.3. The Morgan fingerprint density at radius 1 is 0.585 bits per heavy atom. The van der Waals surface area contributed by atoms with Crippen LogP contribution in [0.25, 0.3) is 0 Å². The summed E-state index contributed by atoms with van der Waals surface area (Å²) >= 11 is 0. The molecule has 0 radical (unpaired) electrons. The maximum Gasteiger partial charge on any atom is 0.416 e. The van der Waals surface area contributed by atoms with Crippen molar-refractivity contribution in [1.82, 2.24) is 9.80 Å². The monoisotopic (exact) mass is 901 g/mol. The van der Waals surface area contributed by atoms with Crippen LogP contribution in [-0.4, -0.2) is 84.5 Å². The molecule has 0 saturated carbocycles. The van der Waals surface area contributed by atoms with Gasteiger partial charge in [-0.15, -0.1) is 0 Å². The lowest BCUT2D eigenvalue weighted by Crippen LogP contribution is -2.45. The number of carbonyl (C=O) groups is 6. The number of nitrogens with zero attached hydrogens (tertiary/aromatic N) is 3. The number of methoxy groups -OCH3 is 2. The van der Waals surface area contributed by atoms with E-state index in [2.05, 4.69) is 4.90 Å². The van der Waals surface area contributed by atoms with Gasteiger partial charge in [0.05, 0.1) is 68.6 Å². The molecule has 3 aromatic carbocycles. The Morgan fingerprint density at radius 2 is 0.969 bits per heavy atom. The highest BCUT2D eigenvalue weighted by molar-refractivity contribution is 5.93. The first-order valence-electron chi connectivity index (χ1n) is 22.8. The standard InChI is InChI=1S/C51H62F3N3O8/c1-31(2)39(29-47(60)64-5)49(62)55-25-7-9-43(55)45(58)27-33-11-15-35(16-12-33)41-23-24-42(57(41)38-21-19-37(20-22-38)51(52,53)54)36-17-13-34(14-18-36)28-46(59)44-10-8-26-56(44)50(63)40(32(3)4)30-48(61)65-6/h11-22,31-32,39-44H,7-10,23-30H2,1-6H3/t39-,40-,41+,42+,43-,44-/m0/s1. The maximum absolute atomic E-state index is 13.7. The van der Waals surface area contributed by atoms with Crippen molar-refractivity contribution < 1.29 is 51.4 Å². The largest absolute Gasteiger partial charge is 0.469 e. The maximum atomic E-state index is 13.7. The van der Waals surface area contributed by atoms with Crippen molar-refractivity contribution in [2.75, 3.05) is 32.2 Å². The Balaban J connectivity index is 1.17. The molecule has 6 rings (SSSR count). The molecule has 3 fully saturated rings. The third-order valence-electron chi connectivity index (χ3n) is 13.7. The number of ether oxygens (including phenoxy) is 2. The molecule has 0 aromatic heterocycles. The third kappa shape index (κ3) is 11.5. The van der Waals surface area contributed by atoms with Gasteiger partial charge >= 0.3 is 18.1 Å². The lowest BCUT2D eigenvalue weighted by molar-refractivity contribution is -0.149. The van der Waals surface area contributed by atoms with E-state index >= 15 is 0 Å². The van der Waals surface area contributed by atoms with Crippen LogP contribution in [0.4, 0.5) is 18.9 Å². The number of carbonyl (C=O) groups excluding carboxylic acids is 6. The summed E-state index contributed by atoms with van der Waals surface area (Å²) < 4.78 is 50.7. The Hall–Kier alpha value is -5.53. The molecule has 3 saturated heterocycles. The lowest BCUT2D eigenvalue weighted by atomic mass is 9.90. The van der Waals surface area contributed by atoms with Crippen molar-refractivity contribution in [3.8, 4) is 0 Å². The molecular formula is C51H62F3N3O8. The molecule has 3 aromatic rings. The molecule has 2 amide bonds. The van der Waals surface area contributed by atoms with Crippen LogP contribution in [0.3, 0.4) is 0 Å². The highest BCUT2D eigenvalue weighted by atomic mass is 19.4. The molecule has 3 heterocycles. The van der Waals surface area contributed by atoms with E-state index in [0.29, 0.717) is 57.3 Å². The Morgan fingerprint density at radius 3 is 1.31 bits per heavy atom. The molecule has 0 N–H and O–H groups in total. The molecule has 0 aliphatic carbocycles. The zero-order valence-electron chi connectivity index (χ0n) is 38.3. The number of benzene rings is 3. The minimum absolute atomic E-state index is 0.0467. The molecule has 0 unspecified atom stereocenters. The number of alkyl halides is 3. The molecule has 350 valence electrons. The average molecular weight is 902 g/mol. The average Bonchev–Trinajstić information content (AvgIpc) is 4.08. The first-order chi connectivity index (χ1) is 30.9. The van der Waals surface area contributed by atoms with Crippen molar-refractivity contribution in [1.29, 1.82) is 0 Å². The second-order valence-corrected chi connectivity index (χ2v) is 18.5. The third-order valence-corrected chi connectivity index (χ3v) is 13.7. The van der Waals surface area contributed by atoms with Crippen LogP contribution in [0, 0.1) is 23.7 Å². The van der Waals surface area contributed by atoms with E-state index in [1.807, 2.05) is 76.2 Å². The van der Waals surface area contributed by atoms with Crippen LogP contribution in [0.15, 0.2) is 72.8 Å². The number of likely N-dealkylation sites (tertiary alicyclic amines) is 2. The fraction of sp³-hybridized carbons (Fsp3) is 0.529. The predicted octanol–water partition coefficient (Wildman–Crippen LogP) is 8.66. The Labute approximate surface area is 380 Å². The van der Waals surface area contributed by atoms with Crippen LogP contribution in [0.2, 0.25) is 0 Å². The highest BCUT2D eigenvalue weighted by Gasteiger charge is 2.41. The molecule has 14 heteroatoms. The first-order valence-corrected chi connectivity index (χ1v) is 22.8. The van der Waals surface area contributed by atoms with Crippen molar-refractivity contribution >= 4 is 41.0 Å². The molecule has 3 aliphatic rings. The van der Waals surface area contributed by atoms with Crippen LogP contribution >= 0.6 is 0 Å². The fourth-order valence-electron chi connectivity index (χ4n) is 9.90. The normalized spacial score (nSPS) is 20.9. The second kappa shape index (κ2) is 21.2. The van der Waals surface area contributed by atoms with Gasteiger partial charge in [0.2, 0.25) is 11.8 Å². The van der Waals surface area contributed by atoms with Gasteiger partial charge in [0.25, 0.3) is 0 Å². The summed E-state index contributed by atoms with van der Waals surface area (Å²) in [5, 5.41) is 0. The molecule has 6 atom stereocenters. The van der Waals surface area contributed by atoms with Crippen LogP contribution in [0.5, 0.6) is 0 Å². The Bertz CT molecular complexity index is 2050. The number of esters is 2. The quantitative estimate of drug-likeness (QED) is 0.122. The van der Waals surface area contributed by atoms with Gasteiger partial charge in [-0.1, -0.05) is 76.2 Å². The minimum Gasteiger partial charge on any atom is -0.469 e. The van der Waals surface area contributed by atoms with Gasteiger partial charge in [-0.25, -0.2) is 0 Å². The summed E-state index contributed by atoms with van der Waals surface area (Å²) in [7, 11) is 2.58. The van der Waals surface area contributed by atoms with E-state index in [-0.39, 0.29) is 73.0 Å². The number of anilines is 1. The number of rotatable bonds is 17. The smallest absolute Gasteiger partial charge is 0.416 e.